The summed E-state index contributed by atoms with van der Waals surface area (Å²) in [5, 5.41) is 3.76. The summed E-state index contributed by atoms with van der Waals surface area (Å²) in [6.45, 7) is 10.7. The first-order valence-corrected chi connectivity index (χ1v) is 8.53. The van der Waals surface area contributed by atoms with Crippen LogP contribution in [0.25, 0.3) is 0 Å². The molecular weight excluding hydrogens is 248 g/mol. The summed E-state index contributed by atoms with van der Waals surface area (Å²) in [4.78, 5) is 0. The van der Waals surface area contributed by atoms with Crippen LogP contribution >= 0.6 is 0 Å². The van der Waals surface area contributed by atoms with Crippen molar-refractivity contribution in [1.29, 1.82) is 0 Å². The second kappa shape index (κ2) is 6.33. The summed E-state index contributed by atoms with van der Waals surface area (Å²) in [6, 6.07) is 0.669. The summed E-state index contributed by atoms with van der Waals surface area (Å²) < 4.78 is 5.81. The van der Waals surface area contributed by atoms with Crippen LogP contribution in [0, 0.1) is 11.3 Å². The van der Waals surface area contributed by atoms with E-state index >= 15 is 0 Å². The lowest BCUT2D eigenvalue weighted by Gasteiger charge is -2.59. The molecule has 118 valence electrons. The molecule has 20 heavy (non-hydrogen) atoms. The fourth-order valence-corrected chi connectivity index (χ4v) is 3.82. The highest BCUT2D eigenvalue weighted by atomic mass is 16.5. The minimum absolute atomic E-state index is 0.0774. The van der Waals surface area contributed by atoms with E-state index in [2.05, 4.69) is 33.0 Å². The van der Waals surface area contributed by atoms with Crippen LogP contribution in [0.3, 0.4) is 0 Å². The number of ether oxygens (including phenoxy) is 1. The first-order valence-electron chi connectivity index (χ1n) is 8.53. The van der Waals surface area contributed by atoms with Gasteiger partial charge in [0.05, 0.1) is 6.10 Å². The van der Waals surface area contributed by atoms with Gasteiger partial charge in [0, 0.05) is 30.1 Å². The number of rotatable bonds is 5. The Hall–Kier alpha value is -0.120. The van der Waals surface area contributed by atoms with E-state index in [0.717, 1.165) is 25.5 Å². The third-order valence-corrected chi connectivity index (χ3v) is 5.97. The summed E-state index contributed by atoms with van der Waals surface area (Å²) in [7, 11) is 0. The molecule has 4 unspecified atom stereocenters. The van der Waals surface area contributed by atoms with Crippen molar-refractivity contribution in [2.75, 3.05) is 13.2 Å². The molecule has 0 aromatic rings. The fourth-order valence-electron chi connectivity index (χ4n) is 3.82. The highest BCUT2D eigenvalue weighted by Crippen LogP contribution is 2.49. The second-order valence-corrected chi connectivity index (χ2v) is 7.72. The molecule has 0 spiro atoms. The van der Waals surface area contributed by atoms with E-state index in [1.54, 1.807) is 0 Å². The van der Waals surface area contributed by atoms with Crippen molar-refractivity contribution in [1.82, 2.24) is 5.32 Å². The van der Waals surface area contributed by atoms with E-state index in [1.807, 2.05) is 0 Å². The molecule has 2 aliphatic rings. The van der Waals surface area contributed by atoms with Crippen molar-refractivity contribution in [3.8, 4) is 0 Å². The topological polar surface area (TPSA) is 47.3 Å². The van der Waals surface area contributed by atoms with Gasteiger partial charge in [0.2, 0.25) is 0 Å². The molecular formula is C17H34N2O. The van der Waals surface area contributed by atoms with Crippen LogP contribution in [0.5, 0.6) is 0 Å². The normalized spacial score (nSPS) is 41.0. The SMILES string of the molecule is CCOC1CC(N)(CNC2CCCC(C)CC2)C1(C)C. The van der Waals surface area contributed by atoms with Crippen LogP contribution in [0.4, 0.5) is 0 Å². The minimum Gasteiger partial charge on any atom is -0.378 e. The van der Waals surface area contributed by atoms with Gasteiger partial charge in [-0.1, -0.05) is 33.6 Å². The molecule has 0 saturated heterocycles. The van der Waals surface area contributed by atoms with Crippen molar-refractivity contribution < 1.29 is 4.74 Å². The molecule has 3 nitrogen and oxygen atoms in total. The van der Waals surface area contributed by atoms with Gasteiger partial charge >= 0.3 is 0 Å². The maximum atomic E-state index is 6.64. The van der Waals surface area contributed by atoms with Gasteiger partial charge in [0.25, 0.3) is 0 Å². The highest BCUT2D eigenvalue weighted by molar-refractivity contribution is 5.14. The second-order valence-electron chi connectivity index (χ2n) is 7.72. The monoisotopic (exact) mass is 282 g/mol. The Morgan fingerprint density at radius 2 is 1.95 bits per heavy atom. The van der Waals surface area contributed by atoms with Gasteiger partial charge in [-0.25, -0.2) is 0 Å². The van der Waals surface area contributed by atoms with E-state index in [0.29, 0.717) is 12.1 Å². The average Bonchev–Trinajstić information content (AvgIpc) is 2.61. The Balaban J connectivity index is 1.81. The van der Waals surface area contributed by atoms with Gasteiger partial charge < -0.3 is 15.8 Å². The van der Waals surface area contributed by atoms with Crippen molar-refractivity contribution in [2.24, 2.45) is 17.1 Å². The number of nitrogens with two attached hydrogens (primary N) is 1. The predicted octanol–water partition coefficient (Wildman–Crippen LogP) is 3.08. The lowest BCUT2D eigenvalue weighted by molar-refractivity contribution is -0.148. The molecule has 0 amide bonds. The molecule has 0 aromatic carbocycles. The van der Waals surface area contributed by atoms with Crippen molar-refractivity contribution in [3.63, 3.8) is 0 Å². The molecule has 0 bridgehead atoms. The molecule has 2 aliphatic carbocycles. The summed E-state index contributed by atoms with van der Waals surface area (Å²) >= 11 is 0. The zero-order valence-corrected chi connectivity index (χ0v) is 13.9. The van der Waals surface area contributed by atoms with Crippen LogP contribution in [-0.2, 0) is 4.74 Å². The molecule has 0 radical (unpaired) electrons. The smallest absolute Gasteiger partial charge is 0.0662 e. The van der Waals surface area contributed by atoms with Gasteiger partial charge in [-0.3, -0.25) is 0 Å². The molecule has 0 aliphatic heterocycles. The predicted molar refractivity (Wildman–Crippen MR) is 84.8 cm³/mol. The molecule has 3 heteroatoms. The first-order chi connectivity index (χ1) is 9.39. The van der Waals surface area contributed by atoms with E-state index in [9.17, 15) is 0 Å². The summed E-state index contributed by atoms with van der Waals surface area (Å²) in [5.74, 6) is 0.899. The fraction of sp³-hybridized carbons (Fsp3) is 1.00. The van der Waals surface area contributed by atoms with Crippen LogP contribution in [0.15, 0.2) is 0 Å². The van der Waals surface area contributed by atoms with Crippen molar-refractivity contribution in [2.45, 2.75) is 83.9 Å². The Bertz CT molecular complexity index is 318. The largest absolute Gasteiger partial charge is 0.378 e. The molecule has 2 rings (SSSR count). The Labute approximate surface area is 125 Å². The highest BCUT2D eigenvalue weighted by Gasteiger charge is 2.58. The van der Waals surface area contributed by atoms with E-state index in [1.165, 1.54) is 32.1 Å². The van der Waals surface area contributed by atoms with Gasteiger partial charge in [-0.15, -0.1) is 0 Å². The van der Waals surface area contributed by atoms with Gasteiger partial charge in [0.1, 0.15) is 0 Å². The van der Waals surface area contributed by atoms with Crippen LogP contribution in [0.2, 0.25) is 0 Å². The maximum Gasteiger partial charge on any atom is 0.0662 e. The van der Waals surface area contributed by atoms with Crippen LogP contribution < -0.4 is 11.1 Å². The third kappa shape index (κ3) is 3.20. The summed E-state index contributed by atoms with van der Waals surface area (Å²) in [5.41, 5.74) is 6.61. The average molecular weight is 282 g/mol. The molecule has 4 atom stereocenters. The van der Waals surface area contributed by atoms with Crippen LogP contribution in [0.1, 0.15) is 66.2 Å². The summed E-state index contributed by atoms with van der Waals surface area (Å²) in [6.07, 6.45) is 8.06. The number of hydrogen-bond acceptors (Lipinski definition) is 3. The minimum atomic E-state index is -0.106. The van der Waals surface area contributed by atoms with E-state index in [4.69, 9.17) is 10.5 Å². The third-order valence-electron chi connectivity index (χ3n) is 5.97. The zero-order valence-electron chi connectivity index (χ0n) is 13.9. The molecule has 0 aromatic heterocycles. The van der Waals surface area contributed by atoms with E-state index in [-0.39, 0.29) is 11.0 Å². The molecule has 0 heterocycles. The Morgan fingerprint density at radius 1 is 1.20 bits per heavy atom. The molecule has 2 fully saturated rings. The number of hydrogen-bond donors (Lipinski definition) is 2. The van der Waals surface area contributed by atoms with Crippen molar-refractivity contribution in [3.05, 3.63) is 0 Å². The maximum absolute atomic E-state index is 6.64. The van der Waals surface area contributed by atoms with E-state index < -0.39 is 0 Å². The lowest BCUT2D eigenvalue weighted by Crippen LogP contribution is -2.73. The Kier molecular flexibility index (Phi) is 5.14. The molecule has 2 saturated carbocycles. The van der Waals surface area contributed by atoms with Gasteiger partial charge in [-0.2, -0.15) is 0 Å². The first kappa shape index (κ1) is 16.3. The van der Waals surface area contributed by atoms with Crippen LogP contribution in [-0.4, -0.2) is 30.8 Å². The van der Waals surface area contributed by atoms with Gasteiger partial charge in [0.15, 0.2) is 0 Å². The Morgan fingerprint density at radius 3 is 2.60 bits per heavy atom. The molecule has 3 N–H and O–H groups in total. The zero-order chi connectivity index (χ0) is 14.8. The van der Waals surface area contributed by atoms with Crippen molar-refractivity contribution >= 4 is 0 Å². The van der Waals surface area contributed by atoms with Gasteiger partial charge in [-0.05, 0) is 38.5 Å². The lowest BCUT2D eigenvalue weighted by atomic mass is 9.54. The standard InChI is InChI=1S/C17H34N2O/c1-5-20-15-11-17(18,16(15,3)4)12-19-14-8-6-7-13(2)9-10-14/h13-15,19H,5-12,18H2,1-4H3. The quantitative estimate of drug-likeness (QED) is 0.762. The number of nitrogens with one attached hydrogen (secondary N) is 1.